The molecule has 0 aliphatic heterocycles. The molecule has 0 unspecified atom stereocenters. The Kier molecular flexibility index (Phi) is 3.92. The van der Waals surface area contributed by atoms with Crippen molar-refractivity contribution in [2.24, 2.45) is 0 Å². The van der Waals surface area contributed by atoms with Crippen LogP contribution < -0.4 is 4.74 Å². The molecular formula is C12H13ClO2. The molecule has 0 saturated carbocycles. The first-order chi connectivity index (χ1) is 7.10. The second-order valence-electron chi connectivity index (χ2n) is 3.29. The molecule has 1 aromatic rings. The fraction of sp³-hybridized carbons (Fsp3) is 0.250. The SMILES string of the molecule is COc1cc(C)c(/C(Cl)=C/C=O)cc1C. The molecule has 0 heterocycles. The topological polar surface area (TPSA) is 26.3 Å². The lowest BCUT2D eigenvalue weighted by molar-refractivity contribution is -0.104. The number of carbonyl (C=O) groups excluding carboxylic acids is 1. The Labute approximate surface area is 94.5 Å². The summed E-state index contributed by atoms with van der Waals surface area (Å²) in [5.74, 6) is 0.826. The first-order valence-electron chi connectivity index (χ1n) is 4.56. The van der Waals surface area contributed by atoms with Crippen LogP contribution in [-0.4, -0.2) is 13.4 Å². The van der Waals surface area contributed by atoms with E-state index in [1.807, 2.05) is 26.0 Å². The lowest BCUT2D eigenvalue weighted by Crippen LogP contribution is -1.92. The van der Waals surface area contributed by atoms with E-state index in [-0.39, 0.29) is 0 Å². The van der Waals surface area contributed by atoms with Crippen LogP contribution in [0.4, 0.5) is 0 Å². The number of ether oxygens (including phenoxy) is 1. The van der Waals surface area contributed by atoms with Crippen molar-refractivity contribution in [1.29, 1.82) is 0 Å². The van der Waals surface area contributed by atoms with Crippen LogP contribution in [0.3, 0.4) is 0 Å². The van der Waals surface area contributed by atoms with E-state index in [0.29, 0.717) is 11.3 Å². The van der Waals surface area contributed by atoms with Gasteiger partial charge in [0, 0.05) is 0 Å². The number of benzene rings is 1. The first-order valence-corrected chi connectivity index (χ1v) is 4.94. The van der Waals surface area contributed by atoms with Crippen molar-refractivity contribution >= 4 is 22.9 Å². The molecule has 0 bridgehead atoms. The van der Waals surface area contributed by atoms with E-state index in [1.165, 1.54) is 6.08 Å². The van der Waals surface area contributed by atoms with Gasteiger partial charge in [0.2, 0.25) is 0 Å². The van der Waals surface area contributed by atoms with Gasteiger partial charge in [-0.3, -0.25) is 4.79 Å². The second kappa shape index (κ2) is 4.99. The lowest BCUT2D eigenvalue weighted by atomic mass is 10.0. The number of hydrogen-bond acceptors (Lipinski definition) is 2. The van der Waals surface area contributed by atoms with Gasteiger partial charge in [0.25, 0.3) is 0 Å². The number of rotatable bonds is 3. The van der Waals surface area contributed by atoms with Crippen molar-refractivity contribution in [3.8, 4) is 5.75 Å². The summed E-state index contributed by atoms with van der Waals surface area (Å²) in [4.78, 5) is 10.3. The van der Waals surface area contributed by atoms with E-state index in [9.17, 15) is 4.79 Å². The molecular weight excluding hydrogens is 212 g/mol. The summed E-state index contributed by atoms with van der Waals surface area (Å²) in [5.41, 5.74) is 2.85. The Hall–Kier alpha value is -1.28. The maximum absolute atomic E-state index is 10.3. The molecule has 0 N–H and O–H groups in total. The predicted molar refractivity (Wildman–Crippen MR) is 62.4 cm³/mol. The summed E-state index contributed by atoms with van der Waals surface area (Å²) in [6, 6.07) is 3.82. The Morgan fingerprint density at radius 2 is 2.00 bits per heavy atom. The molecule has 0 aliphatic carbocycles. The normalized spacial score (nSPS) is 11.3. The molecule has 0 radical (unpaired) electrons. The standard InChI is InChI=1S/C12H13ClO2/c1-8-7-12(15-3)9(2)6-10(8)11(13)4-5-14/h4-7H,1-3H3/b11-4-. The zero-order valence-electron chi connectivity index (χ0n) is 9.00. The van der Waals surface area contributed by atoms with Crippen molar-refractivity contribution in [2.45, 2.75) is 13.8 Å². The summed E-state index contributed by atoms with van der Waals surface area (Å²) in [6.45, 7) is 3.87. The maximum atomic E-state index is 10.3. The molecule has 0 aliphatic rings. The van der Waals surface area contributed by atoms with Crippen LogP contribution in [0, 0.1) is 13.8 Å². The van der Waals surface area contributed by atoms with E-state index in [4.69, 9.17) is 16.3 Å². The number of carbonyl (C=O) groups is 1. The third-order valence-corrected chi connectivity index (χ3v) is 2.54. The number of aldehydes is 1. The van der Waals surface area contributed by atoms with Gasteiger partial charge in [0.1, 0.15) is 12.0 Å². The molecule has 1 rings (SSSR count). The van der Waals surface area contributed by atoms with Gasteiger partial charge in [0.05, 0.1) is 12.1 Å². The summed E-state index contributed by atoms with van der Waals surface area (Å²) in [7, 11) is 1.63. The van der Waals surface area contributed by atoms with Gasteiger partial charge in [-0.1, -0.05) is 11.6 Å². The number of methoxy groups -OCH3 is 1. The third kappa shape index (κ3) is 2.60. The monoisotopic (exact) mass is 224 g/mol. The highest BCUT2D eigenvalue weighted by Gasteiger charge is 2.07. The largest absolute Gasteiger partial charge is 0.496 e. The van der Waals surface area contributed by atoms with Gasteiger partial charge < -0.3 is 4.74 Å². The zero-order valence-corrected chi connectivity index (χ0v) is 9.76. The van der Waals surface area contributed by atoms with Crippen LogP contribution >= 0.6 is 11.6 Å². The molecule has 2 nitrogen and oxygen atoms in total. The van der Waals surface area contributed by atoms with Gasteiger partial charge >= 0.3 is 0 Å². The molecule has 0 spiro atoms. The van der Waals surface area contributed by atoms with Crippen LogP contribution in [-0.2, 0) is 4.79 Å². The van der Waals surface area contributed by atoms with Crippen LogP contribution in [0.5, 0.6) is 5.75 Å². The van der Waals surface area contributed by atoms with Gasteiger partial charge in [-0.15, -0.1) is 0 Å². The van der Waals surface area contributed by atoms with E-state index in [1.54, 1.807) is 7.11 Å². The summed E-state index contributed by atoms with van der Waals surface area (Å²) < 4.78 is 5.19. The molecule has 3 heteroatoms. The highest BCUT2D eigenvalue weighted by molar-refractivity contribution is 6.49. The maximum Gasteiger partial charge on any atom is 0.144 e. The Bertz CT molecular complexity index is 408. The van der Waals surface area contributed by atoms with Gasteiger partial charge in [-0.25, -0.2) is 0 Å². The summed E-state index contributed by atoms with van der Waals surface area (Å²) >= 11 is 5.97. The van der Waals surface area contributed by atoms with Crippen LogP contribution in [0.15, 0.2) is 18.2 Å². The molecule has 0 aromatic heterocycles. The van der Waals surface area contributed by atoms with Crippen LogP contribution in [0.25, 0.3) is 5.03 Å². The van der Waals surface area contributed by atoms with E-state index in [0.717, 1.165) is 22.4 Å². The second-order valence-corrected chi connectivity index (χ2v) is 3.69. The van der Waals surface area contributed by atoms with Crippen molar-refractivity contribution in [3.05, 3.63) is 34.9 Å². The average molecular weight is 225 g/mol. The Balaban J connectivity index is 3.27. The molecule has 1 aromatic carbocycles. The van der Waals surface area contributed by atoms with E-state index < -0.39 is 0 Å². The zero-order chi connectivity index (χ0) is 11.4. The molecule has 0 amide bonds. The highest BCUT2D eigenvalue weighted by atomic mass is 35.5. The van der Waals surface area contributed by atoms with Gasteiger partial charge in [-0.2, -0.15) is 0 Å². The number of allylic oxidation sites excluding steroid dienone is 1. The van der Waals surface area contributed by atoms with E-state index >= 15 is 0 Å². The highest BCUT2D eigenvalue weighted by Crippen LogP contribution is 2.28. The molecule has 15 heavy (non-hydrogen) atoms. The Morgan fingerprint density at radius 1 is 1.33 bits per heavy atom. The minimum Gasteiger partial charge on any atom is -0.496 e. The first kappa shape index (κ1) is 11.8. The van der Waals surface area contributed by atoms with Crippen LogP contribution in [0.2, 0.25) is 0 Å². The van der Waals surface area contributed by atoms with Crippen molar-refractivity contribution in [1.82, 2.24) is 0 Å². The molecule has 0 atom stereocenters. The minimum absolute atomic E-state index is 0.452. The predicted octanol–water partition coefficient (Wildman–Crippen LogP) is 3.09. The molecule has 80 valence electrons. The number of halogens is 1. The fourth-order valence-electron chi connectivity index (χ4n) is 1.42. The number of hydrogen-bond donors (Lipinski definition) is 0. The summed E-state index contributed by atoms with van der Waals surface area (Å²) in [6.07, 6.45) is 2.02. The van der Waals surface area contributed by atoms with Crippen molar-refractivity contribution < 1.29 is 9.53 Å². The van der Waals surface area contributed by atoms with Crippen LogP contribution in [0.1, 0.15) is 16.7 Å². The quantitative estimate of drug-likeness (QED) is 0.583. The number of aryl methyl sites for hydroxylation is 2. The van der Waals surface area contributed by atoms with E-state index in [2.05, 4.69) is 0 Å². The van der Waals surface area contributed by atoms with Gasteiger partial charge in [-0.05, 0) is 48.7 Å². The molecule has 0 fully saturated rings. The van der Waals surface area contributed by atoms with Crippen molar-refractivity contribution in [3.63, 3.8) is 0 Å². The average Bonchev–Trinajstić information content (AvgIpc) is 2.21. The third-order valence-electron chi connectivity index (χ3n) is 2.21. The van der Waals surface area contributed by atoms with Gasteiger partial charge in [0.15, 0.2) is 0 Å². The minimum atomic E-state index is 0.452. The lowest BCUT2D eigenvalue weighted by Gasteiger charge is -2.10. The molecule has 0 saturated heterocycles. The smallest absolute Gasteiger partial charge is 0.144 e. The van der Waals surface area contributed by atoms with Crippen molar-refractivity contribution in [2.75, 3.05) is 7.11 Å². The Morgan fingerprint density at radius 3 is 2.53 bits per heavy atom. The fourth-order valence-corrected chi connectivity index (χ4v) is 1.67. The summed E-state index contributed by atoms with van der Waals surface area (Å²) in [5, 5.41) is 0.452.